The zero-order valence-electron chi connectivity index (χ0n) is 9.77. The van der Waals surface area contributed by atoms with Gasteiger partial charge in [-0.3, -0.25) is 0 Å². The maximum Gasteiger partial charge on any atom is 0.131 e. The molecule has 0 spiro atoms. The summed E-state index contributed by atoms with van der Waals surface area (Å²) in [6.07, 6.45) is -0.975. The van der Waals surface area contributed by atoms with Crippen LogP contribution in [0.4, 0.5) is 4.39 Å². The van der Waals surface area contributed by atoms with Crippen LogP contribution in [-0.4, -0.2) is 17.3 Å². The number of rotatable bonds is 4. The summed E-state index contributed by atoms with van der Waals surface area (Å²) in [6, 6.07) is 4.20. The van der Waals surface area contributed by atoms with E-state index in [1.807, 2.05) is 0 Å². The Bertz CT molecular complexity index is 353. The molecule has 0 saturated heterocycles. The highest BCUT2D eigenvalue weighted by Gasteiger charge is 2.12. The third-order valence-electron chi connectivity index (χ3n) is 2.46. The molecule has 1 rings (SSSR count). The van der Waals surface area contributed by atoms with Crippen molar-refractivity contribution in [2.75, 3.05) is 0 Å². The topological polar surface area (TPSA) is 55.5 Å². The van der Waals surface area contributed by atoms with Gasteiger partial charge in [-0.2, -0.15) is 0 Å². The van der Waals surface area contributed by atoms with Crippen molar-refractivity contribution in [2.45, 2.75) is 39.0 Å². The van der Waals surface area contributed by atoms with Crippen LogP contribution < -0.4 is 10.5 Å². The summed E-state index contributed by atoms with van der Waals surface area (Å²) < 4.78 is 18.9. The fraction of sp³-hybridized carbons (Fsp3) is 0.500. The SMILES string of the molecule is CC(O)C(C)Oc1ccc([C@@H](C)N)c(F)c1. The Morgan fingerprint density at radius 1 is 1.31 bits per heavy atom. The van der Waals surface area contributed by atoms with Crippen molar-refractivity contribution in [3.8, 4) is 5.75 Å². The van der Waals surface area contributed by atoms with E-state index in [0.717, 1.165) is 0 Å². The van der Waals surface area contributed by atoms with Gasteiger partial charge in [0.25, 0.3) is 0 Å². The van der Waals surface area contributed by atoms with E-state index in [0.29, 0.717) is 11.3 Å². The lowest BCUT2D eigenvalue weighted by molar-refractivity contribution is 0.0602. The lowest BCUT2D eigenvalue weighted by atomic mass is 10.1. The number of aliphatic hydroxyl groups excluding tert-OH is 1. The molecule has 0 bridgehead atoms. The minimum Gasteiger partial charge on any atom is -0.488 e. The van der Waals surface area contributed by atoms with Gasteiger partial charge in [-0.15, -0.1) is 0 Å². The third kappa shape index (κ3) is 3.18. The third-order valence-corrected chi connectivity index (χ3v) is 2.46. The number of halogens is 1. The van der Waals surface area contributed by atoms with Crippen LogP contribution in [0, 0.1) is 5.82 Å². The summed E-state index contributed by atoms with van der Waals surface area (Å²) >= 11 is 0. The summed E-state index contributed by atoms with van der Waals surface area (Å²) in [5.41, 5.74) is 6.05. The summed E-state index contributed by atoms with van der Waals surface area (Å²) in [5, 5.41) is 9.26. The Labute approximate surface area is 95.0 Å². The first-order valence-electron chi connectivity index (χ1n) is 5.31. The molecule has 0 heterocycles. The van der Waals surface area contributed by atoms with E-state index in [1.54, 1.807) is 32.9 Å². The molecule has 0 radical (unpaired) electrons. The lowest BCUT2D eigenvalue weighted by Gasteiger charge is -2.18. The van der Waals surface area contributed by atoms with Crippen LogP contribution in [0.25, 0.3) is 0 Å². The first-order chi connectivity index (χ1) is 7.41. The van der Waals surface area contributed by atoms with Gasteiger partial charge >= 0.3 is 0 Å². The standard InChI is InChI=1S/C12H18FNO2/c1-7(14)11-5-4-10(6-12(11)13)16-9(3)8(2)15/h4-9,15H,14H2,1-3H3/t7-,8?,9?/m1/s1. The molecular weight excluding hydrogens is 209 g/mol. The molecule has 1 aromatic carbocycles. The average Bonchev–Trinajstić information content (AvgIpc) is 2.16. The van der Waals surface area contributed by atoms with Crippen LogP contribution >= 0.6 is 0 Å². The van der Waals surface area contributed by atoms with Crippen LogP contribution in [0.5, 0.6) is 5.75 Å². The van der Waals surface area contributed by atoms with Crippen LogP contribution in [-0.2, 0) is 0 Å². The van der Waals surface area contributed by atoms with Crippen LogP contribution in [0.3, 0.4) is 0 Å². The van der Waals surface area contributed by atoms with E-state index in [2.05, 4.69) is 0 Å². The normalized spacial score (nSPS) is 16.6. The van der Waals surface area contributed by atoms with Gasteiger partial charge < -0.3 is 15.6 Å². The van der Waals surface area contributed by atoms with E-state index in [4.69, 9.17) is 10.5 Å². The second-order valence-electron chi connectivity index (χ2n) is 4.04. The number of benzene rings is 1. The van der Waals surface area contributed by atoms with Crippen LogP contribution in [0.2, 0.25) is 0 Å². The van der Waals surface area contributed by atoms with E-state index in [-0.39, 0.29) is 18.0 Å². The Hall–Kier alpha value is -1.13. The maximum atomic E-state index is 13.5. The quantitative estimate of drug-likeness (QED) is 0.827. The maximum absolute atomic E-state index is 13.5. The Morgan fingerprint density at radius 3 is 2.38 bits per heavy atom. The molecule has 90 valence electrons. The smallest absolute Gasteiger partial charge is 0.131 e. The summed E-state index contributed by atoms with van der Waals surface area (Å²) in [5.74, 6) is 0.0144. The molecule has 3 nitrogen and oxygen atoms in total. The van der Waals surface area contributed by atoms with Gasteiger partial charge in [0.15, 0.2) is 0 Å². The highest BCUT2D eigenvalue weighted by atomic mass is 19.1. The van der Waals surface area contributed by atoms with Crippen molar-refractivity contribution in [1.29, 1.82) is 0 Å². The number of ether oxygens (including phenoxy) is 1. The van der Waals surface area contributed by atoms with E-state index >= 15 is 0 Å². The van der Waals surface area contributed by atoms with Crippen molar-refractivity contribution in [3.05, 3.63) is 29.6 Å². The number of hydrogen-bond donors (Lipinski definition) is 2. The molecule has 1 aromatic rings. The first kappa shape index (κ1) is 12.9. The molecule has 0 aliphatic rings. The second-order valence-corrected chi connectivity index (χ2v) is 4.04. The van der Waals surface area contributed by atoms with Gasteiger partial charge in [-0.05, 0) is 26.8 Å². The zero-order valence-corrected chi connectivity index (χ0v) is 9.77. The van der Waals surface area contributed by atoms with E-state index in [1.165, 1.54) is 6.07 Å². The van der Waals surface area contributed by atoms with Crippen molar-refractivity contribution >= 4 is 0 Å². The molecule has 0 aliphatic carbocycles. The van der Waals surface area contributed by atoms with Gasteiger partial charge in [0.1, 0.15) is 17.7 Å². The Morgan fingerprint density at radius 2 is 1.94 bits per heavy atom. The summed E-state index contributed by atoms with van der Waals surface area (Å²) in [7, 11) is 0. The minimum absolute atomic E-state index is 0.344. The molecular formula is C12H18FNO2. The van der Waals surface area contributed by atoms with Gasteiger partial charge in [-0.1, -0.05) is 6.07 Å². The van der Waals surface area contributed by atoms with Gasteiger partial charge in [-0.25, -0.2) is 4.39 Å². The molecule has 3 atom stereocenters. The predicted molar refractivity (Wildman–Crippen MR) is 60.8 cm³/mol. The van der Waals surface area contributed by atoms with Gasteiger partial charge in [0, 0.05) is 17.7 Å². The molecule has 2 unspecified atom stereocenters. The molecule has 3 N–H and O–H groups in total. The van der Waals surface area contributed by atoms with E-state index < -0.39 is 6.10 Å². The first-order valence-corrected chi connectivity index (χ1v) is 5.31. The summed E-state index contributed by atoms with van der Waals surface area (Å²) in [6.45, 7) is 5.07. The van der Waals surface area contributed by atoms with Gasteiger partial charge in [0.05, 0.1) is 6.10 Å². The number of aliphatic hydroxyl groups is 1. The fourth-order valence-electron chi connectivity index (χ4n) is 1.26. The largest absolute Gasteiger partial charge is 0.488 e. The summed E-state index contributed by atoms with van der Waals surface area (Å²) in [4.78, 5) is 0. The Kier molecular flexibility index (Phi) is 4.26. The van der Waals surface area contributed by atoms with Crippen molar-refractivity contribution in [1.82, 2.24) is 0 Å². The number of hydrogen-bond acceptors (Lipinski definition) is 3. The Balaban J connectivity index is 2.81. The predicted octanol–water partition coefficient (Wildman–Crippen LogP) is 1.99. The van der Waals surface area contributed by atoms with Crippen molar-refractivity contribution in [3.63, 3.8) is 0 Å². The zero-order chi connectivity index (χ0) is 12.3. The van der Waals surface area contributed by atoms with Gasteiger partial charge in [0.2, 0.25) is 0 Å². The van der Waals surface area contributed by atoms with Crippen LogP contribution in [0.1, 0.15) is 32.4 Å². The van der Waals surface area contributed by atoms with Crippen molar-refractivity contribution in [2.24, 2.45) is 5.73 Å². The fourth-order valence-corrected chi connectivity index (χ4v) is 1.26. The highest BCUT2D eigenvalue weighted by molar-refractivity contribution is 5.30. The molecule has 4 heteroatoms. The molecule has 0 aliphatic heterocycles. The monoisotopic (exact) mass is 227 g/mol. The van der Waals surface area contributed by atoms with Crippen LogP contribution in [0.15, 0.2) is 18.2 Å². The van der Waals surface area contributed by atoms with Crippen molar-refractivity contribution < 1.29 is 14.2 Å². The average molecular weight is 227 g/mol. The highest BCUT2D eigenvalue weighted by Crippen LogP contribution is 2.21. The number of nitrogens with two attached hydrogens (primary N) is 1. The minimum atomic E-state index is -0.601. The molecule has 0 amide bonds. The molecule has 16 heavy (non-hydrogen) atoms. The molecule has 0 aromatic heterocycles. The molecule has 0 fully saturated rings. The second kappa shape index (κ2) is 5.27. The molecule has 0 saturated carbocycles. The van der Waals surface area contributed by atoms with E-state index in [9.17, 15) is 9.50 Å². The lowest BCUT2D eigenvalue weighted by Crippen LogP contribution is -2.25.